The van der Waals surface area contributed by atoms with Crippen LogP contribution in [0.3, 0.4) is 0 Å². The maximum Gasteiger partial charge on any atom is 0.311 e. The van der Waals surface area contributed by atoms with Gasteiger partial charge in [0.2, 0.25) is 5.91 Å². The first-order chi connectivity index (χ1) is 9.62. The van der Waals surface area contributed by atoms with Gasteiger partial charge in [0.1, 0.15) is 0 Å². The second-order valence-electron chi connectivity index (χ2n) is 6.32. The van der Waals surface area contributed by atoms with E-state index >= 15 is 0 Å². The van der Waals surface area contributed by atoms with Crippen molar-refractivity contribution < 1.29 is 14.7 Å². The van der Waals surface area contributed by atoms with Crippen LogP contribution in [0.2, 0.25) is 0 Å². The molecule has 0 radical (unpaired) electrons. The fourth-order valence-electron chi connectivity index (χ4n) is 3.38. The number of rotatable bonds is 6. The zero-order valence-electron chi connectivity index (χ0n) is 12.1. The minimum absolute atomic E-state index is 0.00287. The number of carbonyl (C=O) groups excluding carboxylic acids is 1. The number of carboxylic acids is 1. The molecule has 2 aliphatic rings. The van der Waals surface area contributed by atoms with Gasteiger partial charge in [0.15, 0.2) is 0 Å². The molecule has 0 spiro atoms. The molecule has 1 saturated heterocycles. The molecule has 1 aliphatic carbocycles. The molecule has 3 N–H and O–H groups in total. The smallest absolute Gasteiger partial charge is 0.311 e. The van der Waals surface area contributed by atoms with Crippen molar-refractivity contribution in [2.45, 2.75) is 51.4 Å². The molecule has 114 valence electrons. The summed E-state index contributed by atoms with van der Waals surface area (Å²) in [6.45, 7) is 2.39. The van der Waals surface area contributed by atoms with E-state index in [0.717, 1.165) is 32.4 Å². The topological polar surface area (TPSA) is 78.4 Å². The number of piperidine rings is 1. The van der Waals surface area contributed by atoms with E-state index in [4.69, 9.17) is 0 Å². The Morgan fingerprint density at radius 2 is 2.00 bits per heavy atom. The quantitative estimate of drug-likeness (QED) is 0.690. The highest BCUT2D eigenvalue weighted by molar-refractivity contribution is 5.79. The van der Waals surface area contributed by atoms with Crippen LogP contribution in [-0.2, 0) is 9.59 Å². The first-order valence-electron chi connectivity index (χ1n) is 7.83. The molecule has 1 aliphatic heterocycles. The summed E-state index contributed by atoms with van der Waals surface area (Å²) in [6.07, 6.45) is 7.09. The van der Waals surface area contributed by atoms with Gasteiger partial charge in [-0.25, -0.2) is 0 Å². The number of carbonyl (C=O) groups is 2. The van der Waals surface area contributed by atoms with Gasteiger partial charge in [-0.3, -0.25) is 9.59 Å². The average molecular weight is 282 g/mol. The van der Waals surface area contributed by atoms with Gasteiger partial charge in [0.05, 0.1) is 5.41 Å². The lowest BCUT2D eigenvalue weighted by atomic mass is 9.86. The Morgan fingerprint density at radius 1 is 1.25 bits per heavy atom. The minimum Gasteiger partial charge on any atom is -0.481 e. The van der Waals surface area contributed by atoms with Gasteiger partial charge < -0.3 is 15.7 Å². The van der Waals surface area contributed by atoms with E-state index in [0.29, 0.717) is 31.7 Å². The summed E-state index contributed by atoms with van der Waals surface area (Å²) in [7, 11) is 0. The summed E-state index contributed by atoms with van der Waals surface area (Å²) in [5, 5.41) is 15.5. The van der Waals surface area contributed by atoms with Gasteiger partial charge in [0, 0.05) is 13.0 Å². The molecule has 0 aromatic carbocycles. The Bertz CT molecular complexity index is 345. The van der Waals surface area contributed by atoms with Crippen LogP contribution in [0, 0.1) is 11.3 Å². The highest BCUT2D eigenvalue weighted by Gasteiger charge is 2.41. The van der Waals surface area contributed by atoms with Crippen LogP contribution in [0.1, 0.15) is 51.4 Å². The van der Waals surface area contributed by atoms with E-state index < -0.39 is 11.4 Å². The van der Waals surface area contributed by atoms with Crippen LogP contribution < -0.4 is 10.6 Å². The number of aliphatic carboxylic acids is 1. The number of carboxylic acid groups (broad SMARTS) is 1. The zero-order valence-corrected chi connectivity index (χ0v) is 12.1. The summed E-state index contributed by atoms with van der Waals surface area (Å²) < 4.78 is 0. The van der Waals surface area contributed by atoms with Crippen LogP contribution in [0.5, 0.6) is 0 Å². The van der Waals surface area contributed by atoms with Crippen molar-refractivity contribution in [1.29, 1.82) is 0 Å². The molecule has 0 aromatic heterocycles. The lowest BCUT2D eigenvalue weighted by Gasteiger charge is -2.25. The first-order valence-corrected chi connectivity index (χ1v) is 7.83. The van der Waals surface area contributed by atoms with Gasteiger partial charge in [-0.15, -0.1) is 0 Å². The van der Waals surface area contributed by atoms with E-state index in [-0.39, 0.29) is 5.91 Å². The van der Waals surface area contributed by atoms with Gasteiger partial charge in [0.25, 0.3) is 0 Å². The third-order valence-electron chi connectivity index (χ3n) is 4.82. The molecule has 20 heavy (non-hydrogen) atoms. The highest BCUT2D eigenvalue weighted by Crippen LogP contribution is 2.37. The molecule has 1 amide bonds. The van der Waals surface area contributed by atoms with Gasteiger partial charge in [-0.2, -0.15) is 0 Å². The number of hydrogen-bond acceptors (Lipinski definition) is 3. The van der Waals surface area contributed by atoms with E-state index in [1.54, 1.807) is 0 Å². The van der Waals surface area contributed by atoms with Crippen LogP contribution in [-0.4, -0.2) is 36.6 Å². The second-order valence-corrected chi connectivity index (χ2v) is 6.32. The standard InChI is InChI=1S/C15H26N2O3/c18-13(6-5-12-4-3-9-16-10-12)17-11-15(14(19)20)7-1-2-8-15/h12,16H,1-11H2,(H,17,18)(H,19,20). The minimum atomic E-state index is -0.758. The monoisotopic (exact) mass is 282 g/mol. The van der Waals surface area contributed by atoms with Crippen molar-refractivity contribution in [2.24, 2.45) is 11.3 Å². The van der Waals surface area contributed by atoms with Gasteiger partial charge in [-0.05, 0) is 51.1 Å². The normalized spacial score (nSPS) is 25.3. The molecular formula is C15H26N2O3. The number of amides is 1. The Morgan fingerprint density at radius 3 is 2.60 bits per heavy atom. The van der Waals surface area contributed by atoms with Crippen molar-refractivity contribution in [3.05, 3.63) is 0 Å². The Hall–Kier alpha value is -1.10. The third-order valence-corrected chi connectivity index (χ3v) is 4.82. The largest absolute Gasteiger partial charge is 0.481 e. The SMILES string of the molecule is O=C(CCC1CCCNC1)NCC1(C(=O)O)CCCC1. The van der Waals surface area contributed by atoms with Gasteiger partial charge >= 0.3 is 5.97 Å². The lowest BCUT2D eigenvalue weighted by Crippen LogP contribution is -2.41. The molecule has 2 fully saturated rings. The molecular weight excluding hydrogens is 256 g/mol. The predicted molar refractivity (Wildman–Crippen MR) is 76.4 cm³/mol. The maximum atomic E-state index is 11.9. The van der Waals surface area contributed by atoms with E-state index in [1.807, 2.05) is 0 Å². The molecule has 1 atom stereocenters. The molecule has 1 saturated carbocycles. The van der Waals surface area contributed by atoms with Crippen molar-refractivity contribution in [1.82, 2.24) is 10.6 Å². The molecule has 5 heteroatoms. The molecule has 1 unspecified atom stereocenters. The maximum absolute atomic E-state index is 11.9. The van der Waals surface area contributed by atoms with Crippen LogP contribution in [0.15, 0.2) is 0 Å². The highest BCUT2D eigenvalue weighted by atomic mass is 16.4. The Balaban J connectivity index is 1.70. The summed E-state index contributed by atoms with van der Waals surface area (Å²) >= 11 is 0. The second kappa shape index (κ2) is 7.07. The fraction of sp³-hybridized carbons (Fsp3) is 0.867. The van der Waals surface area contributed by atoms with E-state index in [2.05, 4.69) is 10.6 Å². The van der Waals surface area contributed by atoms with Crippen LogP contribution in [0.4, 0.5) is 0 Å². The van der Waals surface area contributed by atoms with E-state index in [1.165, 1.54) is 12.8 Å². The third kappa shape index (κ3) is 3.95. The summed E-state index contributed by atoms with van der Waals surface area (Å²) in [6, 6.07) is 0. The summed E-state index contributed by atoms with van der Waals surface area (Å²) in [4.78, 5) is 23.3. The van der Waals surface area contributed by atoms with E-state index in [9.17, 15) is 14.7 Å². The van der Waals surface area contributed by atoms with Crippen molar-refractivity contribution in [2.75, 3.05) is 19.6 Å². The number of nitrogens with one attached hydrogen (secondary N) is 2. The van der Waals surface area contributed by atoms with Gasteiger partial charge in [-0.1, -0.05) is 12.8 Å². The number of hydrogen-bond donors (Lipinski definition) is 3. The fourth-order valence-corrected chi connectivity index (χ4v) is 3.38. The van der Waals surface area contributed by atoms with Crippen molar-refractivity contribution in [3.63, 3.8) is 0 Å². The molecule has 2 rings (SSSR count). The Labute approximate surface area is 120 Å². The average Bonchev–Trinajstić information content (AvgIpc) is 2.94. The van der Waals surface area contributed by atoms with Crippen LogP contribution >= 0.6 is 0 Å². The summed E-state index contributed by atoms with van der Waals surface area (Å²) in [5.41, 5.74) is -0.706. The zero-order chi connectivity index (χ0) is 14.4. The van der Waals surface area contributed by atoms with Crippen molar-refractivity contribution in [3.8, 4) is 0 Å². The lowest BCUT2D eigenvalue weighted by molar-refractivity contribution is -0.148. The Kier molecular flexibility index (Phi) is 5.40. The first kappa shape index (κ1) is 15.3. The molecule has 5 nitrogen and oxygen atoms in total. The molecule has 1 heterocycles. The summed E-state index contributed by atoms with van der Waals surface area (Å²) in [5.74, 6) is -0.163. The molecule has 0 aromatic rings. The van der Waals surface area contributed by atoms with Crippen LogP contribution in [0.25, 0.3) is 0 Å². The van der Waals surface area contributed by atoms with Crippen molar-refractivity contribution >= 4 is 11.9 Å². The predicted octanol–water partition coefficient (Wildman–Crippen LogP) is 1.53. The molecule has 0 bridgehead atoms.